The van der Waals surface area contributed by atoms with E-state index in [1.54, 1.807) is 0 Å². The fourth-order valence-electron chi connectivity index (χ4n) is 6.72. The van der Waals surface area contributed by atoms with Gasteiger partial charge in [-0.15, -0.1) is 0 Å². The number of hydrogen-bond donors (Lipinski definition) is 0. The van der Waals surface area contributed by atoms with Crippen molar-refractivity contribution < 1.29 is 0 Å². The molecule has 0 saturated heterocycles. The van der Waals surface area contributed by atoms with Gasteiger partial charge < -0.3 is 0 Å². The summed E-state index contributed by atoms with van der Waals surface area (Å²) in [4.78, 5) is 0. The van der Waals surface area contributed by atoms with E-state index >= 15 is 0 Å². The molecule has 0 atom stereocenters. The molecule has 0 bridgehead atoms. The van der Waals surface area contributed by atoms with Gasteiger partial charge in [0, 0.05) is 0 Å². The maximum atomic E-state index is 2.45. The van der Waals surface area contributed by atoms with Crippen molar-refractivity contribution in [2.75, 3.05) is 0 Å². The normalized spacial score (nSPS) is 11.7. The largest absolute Gasteiger partial charge is 0.242 e. The van der Waals surface area contributed by atoms with Gasteiger partial charge in [0.05, 0.1) is 0 Å². The second kappa shape index (κ2) is 7.99. The average Bonchev–Trinajstić information content (AvgIpc) is 2.80. The molecule has 0 aliphatic carbocycles. The quantitative estimate of drug-likeness (QED) is 0.202. The molecule has 6 aromatic carbocycles. The Balaban J connectivity index is 1.72. The van der Waals surface area contributed by atoms with Crippen LogP contribution in [-0.2, 0) is 0 Å². The number of hydrogen-bond acceptors (Lipinski definition) is 0. The molecule has 0 spiro atoms. The molecule has 0 heterocycles. The minimum atomic E-state index is 0.193. The van der Waals surface area contributed by atoms with Crippen molar-refractivity contribution in [3.8, 4) is 0 Å². The zero-order valence-electron chi connectivity index (χ0n) is 21.6. The lowest BCUT2D eigenvalue weighted by Gasteiger charge is -2.25. The smallest absolute Gasteiger partial charge is 0.0674 e. The van der Waals surface area contributed by atoms with Crippen molar-refractivity contribution in [2.45, 2.75) is 41.5 Å². The highest BCUT2D eigenvalue weighted by Crippen LogP contribution is 2.34. The molecule has 0 aliphatic rings. The highest BCUT2D eigenvalue weighted by atomic mass is 14.1. The first kappa shape index (κ1) is 21.9. The molecule has 0 saturated carbocycles. The van der Waals surface area contributed by atoms with Crippen molar-refractivity contribution in [2.24, 2.45) is 0 Å². The molecule has 170 valence electrons. The molecule has 6 rings (SSSR count). The maximum Gasteiger partial charge on any atom is 0.242 e. The van der Waals surface area contributed by atoms with E-state index in [0.29, 0.717) is 0 Å². The predicted molar refractivity (Wildman–Crippen MR) is 156 cm³/mol. The van der Waals surface area contributed by atoms with Crippen LogP contribution in [0.2, 0.25) is 0 Å². The van der Waals surface area contributed by atoms with Gasteiger partial charge in [-0.25, -0.2) is 0 Å². The van der Waals surface area contributed by atoms with Crippen LogP contribution in [0.1, 0.15) is 33.4 Å². The first-order chi connectivity index (χ1) is 16.8. The van der Waals surface area contributed by atoms with Crippen molar-refractivity contribution in [1.29, 1.82) is 0 Å². The minimum absolute atomic E-state index is 0.193. The van der Waals surface area contributed by atoms with Gasteiger partial charge in [-0.1, -0.05) is 129 Å². The topological polar surface area (TPSA) is 0 Å². The van der Waals surface area contributed by atoms with Crippen LogP contribution in [0.25, 0.3) is 32.3 Å². The summed E-state index contributed by atoms with van der Waals surface area (Å²) in [6.45, 7) is 13.7. The highest BCUT2D eigenvalue weighted by Gasteiger charge is 2.29. The standard InChI is InChI=1S/C34H31B/c1-20-14-22(3)33(23(4)15-20)35(34-24(5)16-21(2)17-25(34)6)30-18-28-12-10-26-8-7-9-27-11-13-29(19-30)32(28)31(26)27/h7-19H,1-6H3. The third-order valence-electron chi connectivity index (χ3n) is 7.87. The monoisotopic (exact) mass is 450 g/mol. The Labute approximate surface area is 209 Å². The molecule has 0 aromatic heterocycles. The van der Waals surface area contributed by atoms with E-state index in [1.807, 2.05) is 0 Å². The first-order valence-corrected chi connectivity index (χ1v) is 12.6. The van der Waals surface area contributed by atoms with E-state index in [1.165, 1.54) is 82.1 Å². The van der Waals surface area contributed by atoms with Crippen LogP contribution >= 0.6 is 0 Å². The van der Waals surface area contributed by atoms with Gasteiger partial charge in [0.1, 0.15) is 0 Å². The Kier molecular flexibility index (Phi) is 5.00. The van der Waals surface area contributed by atoms with Crippen molar-refractivity contribution in [3.63, 3.8) is 0 Å². The zero-order valence-corrected chi connectivity index (χ0v) is 21.6. The molecule has 35 heavy (non-hydrogen) atoms. The predicted octanol–water partition coefficient (Wildman–Crippen LogP) is 6.95. The molecular formula is C34H31B. The third-order valence-corrected chi connectivity index (χ3v) is 7.87. The van der Waals surface area contributed by atoms with E-state index in [-0.39, 0.29) is 6.71 Å². The second-order valence-electron chi connectivity index (χ2n) is 10.6. The van der Waals surface area contributed by atoms with Crippen LogP contribution in [-0.4, -0.2) is 6.71 Å². The summed E-state index contributed by atoms with van der Waals surface area (Å²) in [6.07, 6.45) is 0. The van der Waals surface area contributed by atoms with Gasteiger partial charge in [0.2, 0.25) is 6.71 Å². The van der Waals surface area contributed by atoms with Crippen LogP contribution in [0.3, 0.4) is 0 Å². The number of rotatable bonds is 3. The van der Waals surface area contributed by atoms with Crippen molar-refractivity contribution >= 4 is 55.4 Å². The summed E-state index contributed by atoms with van der Waals surface area (Å²) < 4.78 is 0. The van der Waals surface area contributed by atoms with Gasteiger partial charge in [-0.2, -0.15) is 0 Å². The van der Waals surface area contributed by atoms with Crippen LogP contribution in [0.5, 0.6) is 0 Å². The lowest BCUT2D eigenvalue weighted by Crippen LogP contribution is -2.55. The van der Waals surface area contributed by atoms with Crippen molar-refractivity contribution in [1.82, 2.24) is 0 Å². The van der Waals surface area contributed by atoms with Crippen LogP contribution < -0.4 is 16.4 Å². The van der Waals surface area contributed by atoms with E-state index < -0.39 is 0 Å². The Morgan fingerprint density at radius 3 is 1.23 bits per heavy atom. The first-order valence-electron chi connectivity index (χ1n) is 12.6. The zero-order chi connectivity index (χ0) is 24.4. The van der Waals surface area contributed by atoms with E-state index in [2.05, 4.69) is 120 Å². The maximum absolute atomic E-state index is 2.45. The molecule has 0 N–H and O–H groups in total. The van der Waals surface area contributed by atoms with E-state index in [0.717, 1.165) is 0 Å². The second-order valence-corrected chi connectivity index (χ2v) is 10.6. The van der Waals surface area contributed by atoms with E-state index in [9.17, 15) is 0 Å². The van der Waals surface area contributed by atoms with Gasteiger partial charge in [0.15, 0.2) is 0 Å². The summed E-state index contributed by atoms with van der Waals surface area (Å²) in [5.74, 6) is 0. The van der Waals surface area contributed by atoms with Crippen molar-refractivity contribution in [3.05, 3.63) is 112 Å². The summed E-state index contributed by atoms with van der Waals surface area (Å²) in [5.41, 5.74) is 12.4. The molecule has 0 fully saturated rings. The summed E-state index contributed by atoms with van der Waals surface area (Å²) >= 11 is 0. The molecule has 0 radical (unpaired) electrons. The SMILES string of the molecule is Cc1cc(C)c(B(c2cc3ccc4cccc5ccc(c2)c3c45)c2c(C)cc(C)cc2C)c(C)c1. The van der Waals surface area contributed by atoms with Gasteiger partial charge in [-0.3, -0.25) is 0 Å². The van der Waals surface area contributed by atoms with Crippen LogP contribution in [0.4, 0.5) is 0 Å². The highest BCUT2D eigenvalue weighted by molar-refractivity contribution is 6.96. The lowest BCUT2D eigenvalue weighted by molar-refractivity contribution is 1.34. The third kappa shape index (κ3) is 3.45. The minimum Gasteiger partial charge on any atom is -0.0674 e. The van der Waals surface area contributed by atoms with Gasteiger partial charge in [0.25, 0.3) is 0 Å². The van der Waals surface area contributed by atoms with Gasteiger partial charge in [-0.05, 0) is 73.9 Å². The van der Waals surface area contributed by atoms with Gasteiger partial charge >= 0.3 is 0 Å². The summed E-state index contributed by atoms with van der Waals surface area (Å²) in [7, 11) is 0. The van der Waals surface area contributed by atoms with Crippen LogP contribution in [0.15, 0.2) is 78.9 Å². The Hall–Kier alpha value is -3.58. The Morgan fingerprint density at radius 1 is 0.429 bits per heavy atom. The Bertz CT molecular complexity index is 1590. The molecule has 0 aliphatic heterocycles. The van der Waals surface area contributed by atoms with Crippen LogP contribution in [0, 0.1) is 41.5 Å². The molecular weight excluding hydrogens is 419 g/mol. The molecule has 0 nitrogen and oxygen atoms in total. The molecule has 6 aromatic rings. The fraction of sp³-hybridized carbons (Fsp3) is 0.176. The van der Waals surface area contributed by atoms with E-state index in [4.69, 9.17) is 0 Å². The molecule has 0 amide bonds. The fourth-order valence-corrected chi connectivity index (χ4v) is 6.72. The molecule has 0 unspecified atom stereocenters. The number of benzene rings is 6. The summed E-state index contributed by atoms with van der Waals surface area (Å²) in [5, 5.41) is 8.07. The lowest BCUT2D eigenvalue weighted by atomic mass is 9.34. The average molecular weight is 450 g/mol. The Morgan fingerprint density at radius 2 is 0.800 bits per heavy atom. The molecule has 1 heteroatoms. The summed E-state index contributed by atoms with van der Waals surface area (Å²) in [6, 6.07) is 30.1. The number of aryl methyl sites for hydroxylation is 6.